The smallest absolute Gasteiger partial charge is 0.175 e. The maximum atomic E-state index is 15.2. The molecule has 4 unspecified atom stereocenters. The van der Waals surface area contributed by atoms with Gasteiger partial charge in [-0.1, -0.05) is 51.5 Å². The topological polar surface area (TPSA) is 38.7 Å². The lowest BCUT2D eigenvalue weighted by Crippen LogP contribution is -2.54. The van der Waals surface area contributed by atoms with Crippen LogP contribution in [0.5, 0.6) is 5.75 Å². The lowest BCUT2D eigenvalue weighted by Gasteiger charge is -2.51. The first-order valence-electron chi connectivity index (χ1n) is 13.3. The molecule has 0 spiro atoms. The van der Waals surface area contributed by atoms with Gasteiger partial charge in [0.25, 0.3) is 0 Å². The van der Waals surface area contributed by atoms with Gasteiger partial charge in [-0.3, -0.25) is 0 Å². The van der Waals surface area contributed by atoms with Crippen molar-refractivity contribution in [2.45, 2.75) is 103 Å². The van der Waals surface area contributed by atoms with Gasteiger partial charge in [0.05, 0.1) is 13.2 Å². The van der Waals surface area contributed by atoms with Crippen molar-refractivity contribution in [3.8, 4) is 5.75 Å². The van der Waals surface area contributed by atoms with E-state index in [1.54, 1.807) is 0 Å². The minimum absolute atomic E-state index is 0.0974. The van der Waals surface area contributed by atoms with Crippen molar-refractivity contribution in [2.75, 3.05) is 13.2 Å². The Morgan fingerprint density at radius 3 is 2.53 bits per heavy atom. The lowest BCUT2D eigenvalue weighted by molar-refractivity contribution is -0.285. The molecule has 3 aliphatic rings. The van der Waals surface area contributed by atoms with Crippen LogP contribution in [0, 0.1) is 29.5 Å². The molecular formula is C28H43FO3. The summed E-state index contributed by atoms with van der Waals surface area (Å²) in [5, 5.41) is 12.1. The molecule has 32 heavy (non-hydrogen) atoms. The van der Waals surface area contributed by atoms with E-state index < -0.39 is 5.79 Å². The number of ether oxygens (including phenoxy) is 2. The Morgan fingerprint density at radius 1 is 1.03 bits per heavy atom. The highest BCUT2D eigenvalue weighted by Gasteiger charge is 2.52. The van der Waals surface area contributed by atoms with Crippen molar-refractivity contribution in [1.29, 1.82) is 0 Å². The van der Waals surface area contributed by atoms with Crippen molar-refractivity contribution < 1.29 is 19.0 Å². The average Bonchev–Trinajstić information content (AvgIpc) is 2.81. The predicted octanol–water partition coefficient (Wildman–Crippen LogP) is 7.22. The molecule has 1 aliphatic heterocycles. The first-order valence-corrected chi connectivity index (χ1v) is 13.3. The lowest BCUT2D eigenvalue weighted by atomic mass is 9.61. The molecular weight excluding hydrogens is 403 g/mol. The highest BCUT2D eigenvalue weighted by atomic mass is 19.1. The van der Waals surface area contributed by atoms with Crippen molar-refractivity contribution in [3.63, 3.8) is 0 Å². The Bertz CT molecular complexity index is 729. The maximum Gasteiger partial charge on any atom is 0.175 e. The zero-order valence-electron chi connectivity index (χ0n) is 20.2. The Labute approximate surface area is 194 Å². The fourth-order valence-electron chi connectivity index (χ4n) is 7.17. The van der Waals surface area contributed by atoms with E-state index in [0.29, 0.717) is 36.4 Å². The molecule has 4 atom stereocenters. The minimum Gasteiger partial charge on any atom is -0.494 e. The number of rotatable bonds is 7. The summed E-state index contributed by atoms with van der Waals surface area (Å²) >= 11 is 0. The molecule has 1 aromatic rings. The second-order valence-electron chi connectivity index (χ2n) is 10.5. The van der Waals surface area contributed by atoms with Crippen LogP contribution < -0.4 is 4.74 Å². The van der Waals surface area contributed by atoms with Gasteiger partial charge >= 0.3 is 0 Å². The zero-order valence-corrected chi connectivity index (χ0v) is 20.2. The van der Waals surface area contributed by atoms with E-state index in [0.717, 1.165) is 31.6 Å². The highest BCUT2D eigenvalue weighted by Crippen LogP contribution is 2.53. The molecule has 0 bridgehead atoms. The van der Waals surface area contributed by atoms with Crippen molar-refractivity contribution in [1.82, 2.24) is 0 Å². The summed E-state index contributed by atoms with van der Waals surface area (Å²) in [7, 11) is 0. The van der Waals surface area contributed by atoms with Gasteiger partial charge in [-0.25, -0.2) is 4.39 Å². The number of benzene rings is 1. The molecule has 4 heteroatoms. The summed E-state index contributed by atoms with van der Waals surface area (Å²) in [6.07, 6.45) is 14.0. The molecule has 3 nitrogen and oxygen atoms in total. The Kier molecular flexibility index (Phi) is 8.15. The van der Waals surface area contributed by atoms with E-state index >= 15 is 4.39 Å². The van der Waals surface area contributed by atoms with Gasteiger partial charge < -0.3 is 14.6 Å². The molecule has 1 saturated heterocycles. The normalized spacial score (nSPS) is 36.1. The summed E-state index contributed by atoms with van der Waals surface area (Å²) in [6, 6.07) is 5.13. The SMILES string of the molecule is CCCC1CCC(C2CCCCC2C2(O)OCCCC2c2ccc(OCC)cc2F)CC1. The third kappa shape index (κ3) is 5.01. The molecule has 2 saturated carbocycles. The first-order chi connectivity index (χ1) is 15.6. The number of hydrogen-bond acceptors (Lipinski definition) is 3. The third-order valence-corrected chi connectivity index (χ3v) is 8.67. The van der Waals surface area contributed by atoms with Crippen molar-refractivity contribution in [3.05, 3.63) is 29.6 Å². The summed E-state index contributed by atoms with van der Waals surface area (Å²) in [5.74, 6) is 0.840. The van der Waals surface area contributed by atoms with Crippen LogP contribution in [0.4, 0.5) is 4.39 Å². The van der Waals surface area contributed by atoms with Gasteiger partial charge in [-0.15, -0.1) is 0 Å². The minimum atomic E-state index is -1.27. The molecule has 2 aliphatic carbocycles. The Morgan fingerprint density at radius 2 is 1.81 bits per heavy atom. The predicted molar refractivity (Wildman–Crippen MR) is 126 cm³/mol. The molecule has 180 valence electrons. The van der Waals surface area contributed by atoms with E-state index in [-0.39, 0.29) is 17.7 Å². The van der Waals surface area contributed by atoms with Gasteiger partial charge in [0.15, 0.2) is 5.79 Å². The molecule has 0 amide bonds. The van der Waals surface area contributed by atoms with Crippen LogP contribution in [0.25, 0.3) is 0 Å². The van der Waals surface area contributed by atoms with Gasteiger partial charge in [-0.05, 0) is 74.8 Å². The van der Waals surface area contributed by atoms with Crippen molar-refractivity contribution >= 4 is 0 Å². The van der Waals surface area contributed by atoms with E-state index in [9.17, 15) is 5.11 Å². The zero-order chi connectivity index (χ0) is 22.6. The maximum absolute atomic E-state index is 15.2. The first kappa shape index (κ1) is 24.0. The summed E-state index contributed by atoms with van der Waals surface area (Å²) in [5.41, 5.74) is 0.589. The molecule has 3 fully saturated rings. The molecule has 0 aromatic heterocycles. The fraction of sp³-hybridized carbons (Fsp3) is 0.786. The van der Waals surface area contributed by atoms with E-state index in [1.165, 1.54) is 57.4 Å². The molecule has 1 aromatic carbocycles. The largest absolute Gasteiger partial charge is 0.494 e. The van der Waals surface area contributed by atoms with Gasteiger partial charge in [0, 0.05) is 17.9 Å². The summed E-state index contributed by atoms with van der Waals surface area (Å²) in [6.45, 7) is 5.27. The summed E-state index contributed by atoms with van der Waals surface area (Å²) in [4.78, 5) is 0. The van der Waals surface area contributed by atoms with Gasteiger partial charge in [0.2, 0.25) is 0 Å². The van der Waals surface area contributed by atoms with Crippen LogP contribution in [-0.2, 0) is 4.74 Å². The monoisotopic (exact) mass is 446 g/mol. The molecule has 1 heterocycles. The highest BCUT2D eigenvalue weighted by molar-refractivity contribution is 5.33. The van der Waals surface area contributed by atoms with E-state index in [2.05, 4.69) is 6.92 Å². The second-order valence-corrected chi connectivity index (χ2v) is 10.5. The van der Waals surface area contributed by atoms with E-state index in [4.69, 9.17) is 9.47 Å². The third-order valence-electron chi connectivity index (χ3n) is 8.67. The van der Waals surface area contributed by atoms with Crippen LogP contribution in [0.15, 0.2) is 18.2 Å². The molecule has 1 N–H and O–H groups in total. The van der Waals surface area contributed by atoms with Crippen LogP contribution in [0.3, 0.4) is 0 Å². The van der Waals surface area contributed by atoms with Crippen LogP contribution in [0.1, 0.15) is 102 Å². The number of halogens is 1. The molecule has 4 rings (SSSR count). The number of hydrogen-bond donors (Lipinski definition) is 1. The molecule has 0 radical (unpaired) electrons. The van der Waals surface area contributed by atoms with E-state index in [1.807, 2.05) is 19.1 Å². The van der Waals surface area contributed by atoms with Crippen LogP contribution in [-0.4, -0.2) is 24.1 Å². The van der Waals surface area contributed by atoms with Crippen LogP contribution >= 0.6 is 0 Å². The quantitative estimate of drug-likeness (QED) is 0.480. The Balaban J connectivity index is 1.57. The second kappa shape index (κ2) is 10.9. The average molecular weight is 447 g/mol. The Hall–Kier alpha value is -1.13. The fourth-order valence-corrected chi connectivity index (χ4v) is 7.17. The van der Waals surface area contributed by atoms with Gasteiger partial charge in [0.1, 0.15) is 11.6 Å². The van der Waals surface area contributed by atoms with Crippen molar-refractivity contribution in [2.24, 2.45) is 23.7 Å². The number of aliphatic hydroxyl groups is 1. The van der Waals surface area contributed by atoms with Crippen LogP contribution in [0.2, 0.25) is 0 Å². The standard InChI is InChI=1S/C28H43FO3/c1-3-8-20-12-14-21(15-13-20)23-9-5-6-10-25(23)28(30)26(11-7-18-32-28)24-17-16-22(31-4-2)19-27(24)29/h16-17,19-21,23,25-26,30H,3-15,18H2,1-2H3. The van der Waals surface area contributed by atoms with Gasteiger partial charge in [-0.2, -0.15) is 0 Å². The summed E-state index contributed by atoms with van der Waals surface area (Å²) < 4.78 is 26.9.